The molecule has 2 heteroatoms. The monoisotopic (exact) mass is 188 g/mol. The van der Waals surface area contributed by atoms with Crippen molar-refractivity contribution >= 4 is 0 Å². The molecular formula is C12H16N2. The molecule has 0 aliphatic rings. The van der Waals surface area contributed by atoms with E-state index >= 15 is 0 Å². The van der Waals surface area contributed by atoms with Gasteiger partial charge in [-0.15, -0.1) is 6.42 Å². The lowest BCUT2D eigenvalue weighted by atomic mass is 10.1. The molecule has 0 amide bonds. The first-order valence-electron chi connectivity index (χ1n) is 4.90. The Kier molecular flexibility index (Phi) is 4.15. The van der Waals surface area contributed by atoms with E-state index < -0.39 is 0 Å². The number of rotatable bonds is 4. The van der Waals surface area contributed by atoms with Crippen LogP contribution in [0.2, 0.25) is 0 Å². The van der Waals surface area contributed by atoms with E-state index in [-0.39, 0.29) is 6.04 Å². The van der Waals surface area contributed by atoms with Gasteiger partial charge in [0.25, 0.3) is 0 Å². The van der Waals surface area contributed by atoms with Gasteiger partial charge in [-0.1, -0.05) is 12.8 Å². The number of aromatic nitrogens is 1. The Hall–Kier alpha value is -1.33. The van der Waals surface area contributed by atoms with Gasteiger partial charge in [0, 0.05) is 6.20 Å². The Bertz CT molecular complexity index is 325. The molecule has 1 N–H and O–H groups in total. The molecule has 0 bridgehead atoms. The second-order valence-corrected chi connectivity index (χ2v) is 3.31. The first-order valence-corrected chi connectivity index (χ1v) is 4.90. The van der Waals surface area contributed by atoms with Gasteiger partial charge in [-0.2, -0.15) is 0 Å². The fourth-order valence-electron chi connectivity index (χ4n) is 1.25. The van der Waals surface area contributed by atoms with E-state index in [2.05, 4.69) is 23.1 Å². The van der Waals surface area contributed by atoms with Crippen LogP contribution in [-0.2, 0) is 0 Å². The second-order valence-electron chi connectivity index (χ2n) is 3.31. The highest BCUT2D eigenvalue weighted by Gasteiger charge is 2.07. The van der Waals surface area contributed by atoms with Gasteiger partial charge in [0.05, 0.1) is 5.69 Å². The molecular weight excluding hydrogens is 172 g/mol. The number of hydrogen-bond donors (Lipinski definition) is 1. The normalized spacial score (nSPS) is 12.1. The average molecular weight is 188 g/mol. The van der Waals surface area contributed by atoms with Crippen LogP contribution in [0, 0.1) is 19.3 Å². The smallest absolute Gasteiger partial charge is 0.111 e. The Morgan fingerprint density at radius 1 is 1.64 bits per heavy atom. The van der Waals surface area contributed by atoms with E-state index in [9.17, 15) is 0 Å². The highest BCUT2D eigenvalue weighted by atomic mass is 14.9. The molecule has 14 heavy (non-hydrogen) atoms. The van der Waals surface area contributed by atoms with E-state index in [0.717, 1.165) is 18.7 Å². The maximum Gasteiger partial charge on any atom is 0.111 e. The van der Waals surface area contributed by atoms with Crippen LogP contribution in [0.5, 0.6) is 0 Å². The van der Waals surface area contributed by atoms with Crippen LogP contribution in [-0.4, -0.2) is 11.5 Å². The van der Waals surface area contributed by atoms with E-state index in [1.54, 1.807) is 6.20 Å². The van der Waals surface area contributed by atoms with E-state index in [1.807, 2.05) is 19.1 Å². The van der Waals surface area contributed by atoms with Crippen LogP contribution in [0.4, 0.5) is 0 Å². The van der Waals surface area contributed by atoms with Gasteiger partial charge in [-0.25, -0.2) is 0 Å². The first-order chi connectivity index (χ1) is 6.77. The molecule has 0 saturated heterocycles. The molecule has 0 radical (unpaired) electrons. The predicted octanol–water partition coefficient (Wildman–Crippen LogP) is 2.06. The minimum atomic E-state index is -0.0603. The number of aryl methyl sites for hydroxylation is 1. The molecule has 1 heterocycles. The van der Waals surface area contributed by atoms with E-state index in [1.165, 1.54) is 5.56 Å². The molecule has 0 fully saturated rings. The summed E-state index contributed by atoms with van der Waals surface area (Å²) in [5, 5.41) is 3.26. The molecule has 0 aliphatic heterocycles. The third-order valence-electron chi connectivity index (χ3n) is 2.00. The standard InChI is InChI=1S/C12H16N2/c1-4-7-13-11(5-2)12-9-10(3)6-8-14-12/h2,6,8-9,11,13H,4,7H2,1,3H3. The number of terminal acetylenes is 1. The summed E-state index contributed by atoms with van der Waals surface area (Å²) in [4.78, 5) is 4.26. The summed E-state index contributed by atoms with van der Waals surface area (Å²) in [6.07, 6.45) is 8.31. The van der Waals surface area contributed by atoms with Crippen LogP contribution in [0.3, 0.4) is 0 Å². The van der Waals surface area contributed by atoms with Crippen molar-refractivity contribution in [2.24, 2.45) is 0 Å². The largest absolute Gasteiger partial charge is 0.299 e. The summed E-state index contributed by atoms with van der Waals surface area (Å²) < 4.78 is 0. The summed E-state index contributed by atoms with van der Waals surface area (Å²) >= 11 is 0. The SMILES string of the molecule is C#CC(NCCC)c1cc(C)ccn1. The van der Waals surface area contributed by atoms with Gasteiger partial charge in [0.2, 0.25) is 0 Å². The van der Waals surface area contributed by atoms with Gasteiger partial charge >= 0.3 is 0 Å². The molecule has 0 spiro atoms. The van der Waals surface area contributed by atoms with Crippen molar-refractivity contribution in [3.63, 3.8) is 0 Å². The van der Waals surface area contributed by atoms with Gasteiger partial charge in [0.1, 0.15) is 6.04 Å². The zero-order valence-corrected chi connectivity index (χ0v) is 8.75. The summed E-state index contributed by atoms with van der Waals surface area (Å²) in [6.45, 7) is 5.08. The number of nitrogens with zero attached hydrogens (tertiary/aromatic N) is 1. The van der Waals surface area contributed by atoms with Crippen molar-refractivity contribution < 1.29 is 0 Å². The maximum absolute atomic E-state index is 5.44. The molecule has 0 saturated carbocycles. The summed E-state index contributed by atoms with van der Waals surface area (Å²) in [5.74, 6) is 2.71. The zero-order valence-electron chi connectivity index (χ0n) is 8.75. The summed E-state index contributed by atoms with van der Waals surface area (Å²) in [7, 11) is 0. The molecule has 1 rings (SSSR count). The lowest BCUT2D eigenvalue weighted by molar-refractivity contribution is 0.614. The highest BCUT2D eigenvalue weighted by molar-refractivity contribution is 5.22. The highest BCUT2D eigenvalue weighted by Crippen LogP contribution is 2.10. The number of nitrogens with one attached hydrogen (secondary N) is 1. The zero-order chi connectivity index (χ0) is 10.4. The summed E-state index contributed by atoms with van der Waals surface area (Å²) in [5.41, 5.74) is 2.12. The fraction of sp³-hybridized carbons (Fsp3) is 0.417. The first kappa shape index (κ1) is 10.7. The molecule has 1 aromatic heterocycles. The van der Waals surface area contributed by atoms with Crippen molar-refractivity contribution in [2.45, 2.75) is 26.3 Å². The van der Waals surface area contributed by atoms with Crippen molar-refractivity contribution in [1.82, 2.24) is 10.3 Å². The van der Waals surface area contributed by atoms with Gasteiger partial charge in [-0.05, 0) is 37.6 Å². The van der Waals surface area contributed by atoms with E-state index in [0.29, 0.717) is 0 Å². The number of pyridine rings is 1. The van der Waals surface area contributed by atoms with E-state index in [4.69, 9.17) is 6.42 Å². The summed E-state index contributed by atoms with van der Waals surface area (Å²) in [6, 6.07) is 3.93. The second kappa shape index (κ2) is 5.41. The van der Waals surface area contributed by atoms with Gasteiger partial charge in [-0.3, -0.25) is 10.3 Å². The average Bonchev–Trinajstić information content (AvgIpc) is 2.19. The van der Waals surface area contributed by atoms with Crippen LogP contribution < -0.4 is 5.32 Å². The van der Waals surface area contributed by atoms with Crippen LogP contribution in [0.1, 0.15) is 30.6 Å². The third kappa shape index (κ3) is 2.86. The van der Waals surface area contributed by atoms with Gasteiger partial charge in [0.15, 0.2) is 0 Å². The lowest BCUT2D eigenvalue weighted by Crippen LogP contribution is -2.21. The minimum absolute atomic E-state index is 0.0603. The molecule has 1 aromatic rings. The Morgan fingerprint density at radius 3 is 3.00 bits per heavy atom. The predicted molar refractivity (Wildman–Crippen MR) is 58.8 cm³/mol. The molecule has 0 aliphatic carbocycles. The van der Waals surface area contributed by atoms with Crippen molar-refractivity contribution in [1.29, 1.82) is 0 Å². The number of hydrogen-bond acceptors (Lipinski definition) is 2. The molecule has 1 atom stereocenters. The Morgan fingerprint density at radius 2 is 2.43 bits per heavy atom. The quantitative estimate of drug-likeness (QED) is 0.732. The van der Waals surface area contributed by atoms with Crippen molar-refractivity contribution in [3.05, 3.63) is 29.6 Å². The van der Waals surface area contributed by atoms with Crippen molar-refractivity contribution in [2.75, 3.05) is 6.54 Å². The molecule has 2 nitrogen and oxygen atoms in total. The Labute approximate surface area is 85.8 Å². The fourth-order valence-corrected chi connectivity index (χ4v) is 1.25. The van der Waals surface area contributed by atoms with Crippen LogP contribution >= 0.6 is 0 Å². The topological polar surface area (TPSA) is 24.9 Å². The van der Waals surface area contributed by atoms with Crippen LogP contribution in [0.25, 0.3) is 0 Å². The molecule has 1 unspecified atom stereocenters. The van der Waals surface area contributed by atoms with Crippen molar-refractivity contribution in [3.8, 4) is 12.3 Å². The molecule has 0 aromatic carbocycles. The Balaban J connectivity index is 2.75. The third-order valence-corrected chi connectivity index (χ3v) is 2.00. The lowest BCUT2D eigenvalue weighted by Gasteiger charge is -2.11. The molecule has 74 valence electrons. The van der Waals surface area contributed by atoms with Gasteiger partial charge < -0.3 is 0 Å². The minimum Gasteiger partial charge on any atom is -0.299 e. The maximum atomic E-state index is 5.44. The van der Waals surface area contributed by atoms with Crippen LogP contribution in [0.15, 0.2) is 18.3 Å².